The second-order valence-electron chi connectivity index (χ2n) is 5.77. The zero-order chi connectivity index (χ0) is 12.4. The lowest BCUT2D eigenvalue weighted by Crippen LogP contribution is -2.56. The smallest absolute Gasteiger partial charge is 0.0940 e. The van der Waals surface area contributed by atoms with Crippen molar-refractivity contribution in [1.29, 1.82) is 0 Å². The summed E-state index contributed by atoms with van der Waals surface area (Å²) in [6, 6.07) is 10.5. The van der Waals surface area contributed by atoms with Crippen LogP contribution in [0, 0.1) is 5.92 Å². The van der Waals surface area contributed by atoms with E-state index in [1.807, 2.05) is 6.07 Å². The molecule has 0 unspecified atom stereocenters. The van der Waals surface area contributed by atoms with E-state index in [1.54, 1.807) is 0 Å². The van der Waals surface area contributed by atoms with Gasteiger partial charge >= 0.3 is 0 Å². The lowest BCUT2D eigenvalue weighted by molar-refractivity contribution is -0.194. The fourth-order valence-corrected chi connectivity index (χ4v) is 3.62. The van der Waals surface area contributed by atoms with Gasteiger partial charge in [0.25, 0.3) is 0 Å². The van der Waals surface area contributed by atoms with Crippen molar-refractivity contribution >= 4 is 0 Å². The molecule has 2 heteroatoms. The molecule has 0 bridgehead atoms. The van der Waals surface area contributed by atoms with Gasteiger partial charge in [-0.3, -0.25) is 0 Å². The third-order valence-corrected chi connectivity index (χ3v) is 4.67. The van der Waals surface area contributed by atoms with E-state index in [0.29, 0.717) is 5.92 Å². The van der Waals surface area contributed by atoms with Crippen LogP contribution in [0.25, 0.3) is 0 Å². The summed E-state index contributed by atoms with van der Waals surface area (Å²) in [5, 5.41) is 11.0. The number of benzene rings is 1. The monoisotopic (exact) mass is 246 g/mol. The normalized spacial score (nSPS) is 36.1. The predicted octanol–water partition coefficient (Wildman–Crippen LogP) is 2.94. The highest BCUT2D eigenvalue weighted by molar-refractivity contribution is 5.17. The Bertz CT molecular complexity index is 387. The first-order valence-corrected chi connectivity index (χ1v) is 7.17. The lowest BCUT2D eigenvalue weighted by atomic mass is 9.69. The van der Waals surface area contributed by atoms with Gasteiger partial charge in [0.1, 0.15) is 0 Å². The summed E-state index contributed by atoms with van der Waals surface area (Å²) in [5.74, 6) is 0.360. The molecule has 0 aromatic heterocycles. The molecule has 1 saturated heterocycles. The van der Waals surface area contributed by atoms with Crippen molar-refractivity contribution in [3.8, 4) is 0 Å². The molecule has 2 nitrogen and oxygen atoms in total. The van der Waals surface area contributed by atoms with Crippen LogP contribution in [0.5, 0.6) is 0 Å². The van der Waals surface area contributed by atoms with E-state index >= 15 is 0 Å². The van der Waals surface area contributed by atoms with Gasteiger partial charge in [0.15, 0.2) is 0 Å². The van der Waals surface area contributed by atoms with E-state index in [2.05, 4.69) is 24.3 Å². The first-order chi connectivity index (χ1) is 8.79. The second-order valence-corrected chi connectivity index (χ2v) is 5.77. The summed E-state index contributed by atoms with van der Waals surface area (Å²) < 4.78 is 5.80. The molecule has 1 aliphatic heterocycles. The lowest BCUT2D eigenvalue weighted by Gasteiger charge is -2.48. The second kappa shape index (κ2) is 5.02. The molecule has 1 aliphatic carbocycles. The number of hydrogen-bond acceptors (Lipinski definition) is 2. The third-order valence-electron chi connectivity index (χ3n) is 4.67. The standard InChI is InChI=1S/C16H22O2/c17-16-10-5-4-8-15(16)18-11-9-14(16)12-13-6-2-1-3-7-13/h1-3,6-7,14-15,17H,4-5,8-12H2/t14-,15-,16-/m0/s1. The maximum Gasteiger partial charge on any atom is 0.0940 e. The molecule has 1 heterocycles. The van der Waals surface area contributed by atoms with Gasteiger partial charge in [0, 0.05) is 6.61 Å². The number of rotatable bonds is 2. The van der Waals surface area contributed by atoms with Crippen LogP contribution in [-0.2, 0) is 11.2 Å². The largest absolute Gasteiger partial charge is 0.387 e. The molecule has 0 amide bonds. The fourth-order valence-electron chi connectivity index (χ4n) is 3.62. The van der Waals surface area contributed by atoms with Crippen molar-refractivity contribution < 1.29 is 9.84 Å². The van der Waals surface area contributed by atoms with Crippen molar-refractivity contribution in [2.45, 2.75) is 50.2 Å². The van der Waals surface area contributed by atoms with Gasteiger partial charge in [-0.2, -0.15) is 0 Å². The molecule has 2 aliphatic rings. The highest BCUT2D eigenvalue weighted by Gasteiger charge is 2.48. The van der Waals surface area contributed by atoms with Crippen LogP contribution in [0.15, 0.2) is 30.3 Å². The van der Waals surface area contributed by atoms with Gasteiger partial charge < -0.3 is 9.84 Å². The highest BCUT2D eigenvalue weighted by atomic mass is 16.5. The highest BCUT2D eigenvalue weighted by Crippen LogP contribution is 2.42. The number of ether oxygens (including phenoxy) is 1. The molecule has 0 spiro atoms. The van der Waals surface area contributed by atoms with Crippen LogP contribution in [0.4, 0.5) is 0 Å². The van der Waals surface area contributed by atoms with E-state index in [0.717, 1.165) is 38.7 Å². The quantitative estimate of drug-likeness (QED) is 0.869. The topological polar surface area (TPSA) is 29.5 Å². The van der Waals surface area contributed by atoms with Crippen molar-refractivity contribution in [1.82, 2.24) is 0 Å². The van der Waals surface area contributed by atoms with E-state index in [-0.39, 0.29) is 6.10 Å². The van der Waals surface area contributed by atoms with Crippen LogP contribution in [0.2, 0.25) is 0 Å². The molecule has 1 aromatic rings. The van der Waals surface area contributed by atoms with Crippen LogP contribution < -0.4 is 0 Å². The summed E-state index contributed by atoms with van der Waals surface area (Å²) in [5.41, 5.74) is 0.758. The van der Waals surface area contributed by atoms with Crippen molar-refractivity contribution in [2.24, 2.45) is 5.92 Å². The predicted molar refractivity (Wildman–Crippen MR) is 71.4 cm³/mol. The molecule has 2 fully saturated rings. The molecule has 18 heavy (non-hydrogen) atoms. The zero-order valence-corrected chi connectivity index (χ0v) is 10.8. The number of fused-ring (bicyclic) bond motifs is 1. The summed E-state index contributed by atoms with van der Waals surface area (Å²) in [4.78, 5) is 0. The molecule has 3 atom stereocenters. The van der Waals surface area contributed by atoms with E-state index in [4.69, 9.17) is 4.74 Å². The van der Waals surface area contributed by atoms with Gasteiger partial charge in [-0.25, -0.2) is 0 Å². The number of hydrogen-bond donors (Lipinski definition) is 1. The average Bonchev–Trinajstić information content (AvgIpc) is 2.41. The molecule has 3 rings (SSSR count). The Morgan fingerprint density at radius 1 is 1.17 bits per heavy atom. The molecule has 0 radical (unpaired) electrons. The SMILES string of the molecule is O[C@]12CCCC[C@@H]1OCC[C@H]2Cc1ccccc1. The van der Waals surface area contributed by atoms with Gasteiger partial charge in [-0.15, -0.1) is 0 Å². The van der Waals surface area contributed by atoms with Gasteiger partial charge in [0.2, 0.25) is 0 Å². The van der Waals surface area contributed by atoms with Crippen molar-refractivity contribution in [2.75, 3.05) is 6.61 Å². The minimum absolute atomic E-state index is 0.0775. The zero-order valence-electron chi connectivity index (χ0n) is 10.8. The van der Waals surface area contributed by atoms with Gasteiger partial charge in [-0.1, -0.05) is 43.2 Å². The van der Waals surface area contributed by atoms with Crippen LogP contribution >= 0.6 is 0 Å². The van der Waals surface area contributed by atoms with E-state index < -0.39 is 5.60 Å². The van der Waals surface area contributed by atoms with Crippen molar-refractivity contribution in [3.05, 3.63) is 35.9 Å². The molecular weight excluding hydrogens is 224 g/mol. The Labute approximate surface area is 109 Å². The molecule has 1 saturated carbocycles. The third kappa shape index (κ3) is 2.19. The minimum atomic E-state index is -0.577. The van der Waals surface area contributed by atoms with Gasteiger partial charge in [-0.05, 0) is 37.2 Å². The summed E-state index contributed by atoms with van der Waals surface area (Å²) >= 11 is 0. The summed E-state index contributed by atoms with van der Waals surface area (Å²) in [6.07, 6.45) is 6.33. The Balaban J connectivity index is 1.78. The van der Waals surface area contributed by atoms with Gasteiger partial charge in [0.05, 0.1) is 11.7 Å². The maximum absolute atomic E-state index is 11.0. The summed E-state index contributed by atoms with van der Waals surface area (Å²) in [7, 11) is 0. The van der Waals surface area contributed by atoms with E-state index in [9.17, 15) is 5.11 Å². The van der Waals surface area contributed by atoms with E-state index in [1.165, 1.54) is 12.0 Å². The van der Waals surface area contributed by atoms with Crippen LogP contribution in [0.1, 0.15) is 37.7 Å². The fraction of sp³-hybridized carbons (Fsp3) is 0.625. The molecule has 1 aromatic carbocycles. The number of aliphatic hydroxyl groups is 1. The Morgan fingerprint density at radius 2 is 2.00 bits per heavy atom. The van der Waals surface area contributed by atoms with Crippen LogP contribution in [-0.4, -0.2) is 23.4 Å². The molecule has 98 valence electrons. The van der Waals surface area contributed by atoms with Crippen LogP contribution in [0.3, 0.4) is 0 Å². The molecule has 1 N–H and O–H groups in total. The minimum Gasteiger partial charge on any atom is -0.387 e. The molecular formula is C16H22O2. The summed E-state index contributed by atoms with van der Waals surface area (Å²) in [6.45, 7) is 0.810. The first kappa shape index (κ1) is 12.2. The first-order valence-electron chi connectivity index (χ1n) is 7.17. The Kier molecular flexibility index (Phi) is 3.40. The maximum atomic E-state index is 11.0. The Morgan fingerprint density at radius 3 is 2.83 bits per heavy atom. The van der Waals surface area contributed by atoms with Crippen molar-refractivity contribution in [3.63, 3.8) is 0 Å². The Hall–Kier alpha value is -0.860. The average molecular weight is 246 g/mol.